The third-order valence-corrected chi connectivity index (χ3v) is 5.41. The number of nitrogens with one attached hydrogen (secondary N) is 1. The van der Waals surface area contributed by atoms with Gasteiger partial charge in [0.25, 0.3) is 0 Å². The first-order valence-corrected chi connectivity index (χ1v) is 8.54. The first-order valence-electron chi connectivity index (χ1n) is 8.54. The van der Waals surface area contributed by atoms with Gasteiger partial charge in [0, 0.05) is 19.3 Å². The molecule has 2 rings (SSSR count). The van der Waals surface area contributed by atoms with Crippen molar-refractivity contribution in [3.63, 3.8) is 0 Å². The number of rotatable bonds is 5. The van der Waals surface area contributed by atoms with Gasteiger partial charge < -0.3 is 5.32 Å². The van der Waals surface area contributed by atoms with Crippen molar-refractivity contribution in [1.29, 1.82) is 0 Å². The highest BCUT2D eigenvalue weighted by molar-refractivity contribution is 5.09. The molecule has 0 spiro atoms. The van der Waals surface area contributed by atoms with Crippen molar-refractivity contribution in [2.75, 3.05) is 13.6 Å². The van der Waals surface area contributed by atoms with Crippen molar-refractivity contribution in [2.45, 2.75) is 66.3 Å². The monoisotopic (exact) mass is 291 g/mol. The quantitative estimate of drug-likeness (QED) is 0.892. The van der Waals surface area contributed by atoms with Crippen molar-refractivity contribution in [2.24, 2.45) is 16.7 Å². The molecular formula is C18H33N3. The Morgan fingerprint density at radius 3 is 2.48 bits per heavy atom. The minimum atomic E-state index is 0.429. The summed E-state index contributed by atoms with van der Waals surface area (Å²) >= 11 is 0. The molecule has 0 radical (unpaired) electrons. The molecule has 0 aliphatic heterocycles. The molecule has 1 aromatic heterocycles. The molecule has 21 heavy (non-hydrogen) atoms. The zero-order valence-corrected chi connectivity index (χ0v) is 14.6. The summed E-state index contributed by atoms with van der Waals surface area (Å²) in [6, 6.07) is 0. The van der Waals surface area contributed by atoms with E-state index in [-0.39, 0.29) is 0 Å². The summed E-state index contributed by atoms with van der Waals surface area (Å²) in [5, 5.41) is 7.89. The smallest absolute Gasteiger partial charge is 0.0521 e. The van der Waals surface area contributed by atoms with Crippen molar-refractivity contribution < 1.29 is 0 Å². The summed E-state index contributed by atoms with van der Waals surface area (Å²) in [6.07, 6.45) is 10.9. The van der Waals surface area contributed by atoms with Gasteiger partial charge in [-0.05, 0) is 68.4 Å². The zero-order valence-electron chi connectivity index (χ0n) is 14.6. The number of aromatic nitrogens is 2. The Morgan fingerprint density at radius 2 is 2.00 bits per heavy atom. The molecule has 0 amide bonds. The molecule has 1 saturated carbocycles. The van der Waals surface area contributed by atoms with Crippen LogP contribution in [0.4, 0.5) is 0 Å². The maximum Gasteiger partial charge on any atom is 0.0521 e. The van der Waals surface area contributed by atoms with Crippen LogP contribution in [0.1, 0.15) is 58.9 Å². The largest absolute Gasteiger partial charge is 0.319 e. The van der Waals surface area contributed by atoms with Gasteiger partial charge in [0.1, 0.15) is 0 Å². The van der Waals surface area contributed by atoms with E-state index in [9.17, 15) is 0 Å². The van der Waals surface area contributed by atoms with E-state index in [2.05, 4.69) is 57.6 Å². The van der Waals surface area contributed by atoms with E-state index in [1.165, 1.54) is 37.7 Å². The normalized spacial score (nSPS) is 27.0. The molecule has 0 unspecified atom stereocenters. The Hall–Kier alpha value is -0.830. The standard InChI is InChI=1S/C18H33N3/c1-6-21-13-15(12-20-21)11-18(14-19-5)9-7-16(8-10-18)17(2,3)4/h12-13,16,19H,6-11,14H2,1-5H3. The number of nitrogens with zero attached hydrogens (tertiary/aromatic N) is 2. The van der Waals surface area contributed by atoms with E-state index in [0.717, 1.165) is 19.0 Å². The minimum absolute atomic E-state index is 0.429. The van der Waals surface area contributed by atoms with Crippen molar-refractivity contribution in [1.82, 2.24) is 15.1 Å². The number of aryl methyl sites for hydroxylation is 1. The van der Waals surface area contributed by atoms with Crippen molar-refractivity contribution in [3.8, 4) is 0 Å². The van der Waals surface area contributed by atoms with Gasteiger partial charge in [-0.1, -0.05) is 20.8 Å². The van der Waals surface area contributed by atoms with Gasteiger partial charge >= 0.3 is 0 Å². The van der Waals surface area contributed by atoms with Crippen molar-refractivity contribution >= 4 is 0 Å². The van der Waals surface area contributed by atoms with Crippen LogP contribution in [0.25, 0.3) is 0 Å². The lowest BCUT2D eigenvalue weighted by Crippen LogP contribution is -2.40. The van der Waals surface area contributed by atoms with E-state index in [0.29, 0.717) is 10.8 Å². The first-order chi connectivity index (χ1) is 9.88. The van der Waals surface area contributed by atoms with Crippen LogP contribution in [-0.4, -0.2) is 23.4 Å². The third-order valence-electron chi connectivity index (χ3n) is 5.41. The van der Waals surface area contributed by atoms with Crippen LogP contribution < -0.4 is 5.32 Å². The number of hydrogen-bond acceptors (Lipinski definition) is 2. The van der Waals surface area contributed by atoms with Gasteiger partial charge in [-0.25, -0.2) is 0 Å². The number of hydrogen-bond donors (Lipinski definition) is 1. The van der Waals surface area contributed by atoms with Gasteiger partial charge in [0.15, 0.2) is 0 Å². The Balaban J connectivity index is 2.05. The molecule has 1 aliphatic rings. The summed E-state index contributed by atoms with van der Waals surface area (Å²) < 4.78 is 2.04. The highest BCUT2D eigenvalue weighted by Gasteiger charge is 2.38. The van der Waals surface area contributed by atoms with E-state index in [4.69, 9.17) is 0 Å². The highest BCUT2D eigenvalue weighted by Crippen LogP contribution is 2.46. The molecule has 1 heterocycles. The predicted molar refractivity (Wildman–Crippen MR) is 89.4 cm³/mol. The Morgan fingerprint density at radius 1 is 1.33 bits per heavy atom. The fourth-order valence-corrected chi connectivity index (χ4v) is 3.99. The predicted octanol–water partition coefficient (Wildman–Crippen LogP) is 3.89. The summed E-state index contributed by atoms with van der Waals surface area (Å²) in [4.78, 5) is 0. The van der Waals surface area contributed by atoms with E-state index in [1.54, 1.807) is 0 Å². The van der Waals surface area contributed by atoms with E-state index < -0.39 is 0 Å². The van der Waals surface area contributed by atoms with Crippen LogP contribution in [0.15, 0.2) is 12.4 Å². The molecule has 3 heteroatoms. The first kappa shape index (κ1) is 16.5. The zero-order chi connectivity index (χ0) is 15.5. The van der Waals surface area contributed by atoms with Gasteiger partial charge in [0.05, 0.1) is 6.20 Å². The van der Waals surface area contributed by atoms with Gasteiger partial charge in [-0.2, -0.15) is 5.10 Å². The lowest BCUT2D eigenvalue weighted by molar-refractivity contribution is 0.0876. The van der Waals surface area contributed by atoms with Crippen LogP contribution in [0.3, 0.4) is 0 Å². The topological polar surface area (TPSA) is 29.9 Å². The fraction of sp³-hybridized carbons (Fsp3) is 0.833. The summed E-state index contributed by atoms with van der Waals surface area (Å²) in [5.41, 5.74) is 2.29. The molecule has 0 atom stereocenters. The van der Waals surface area contributed by atoms with Crippen LogP contribution in [-0.2, 0) is 13.0 Å². The molecule has 120 valence electrons. The molecule has 1 aliphatic carbocycles. The van der Waals surface area contributed by atoms with Crippen LogP contribution >= 0.6 is 0 Å². The highest BCUT2D eigenvalue weighted by atomic mass is 15.3. The Kier molecular flexibility index (Phi) is 5.13. The molecule has 0 saturated heterocycles. The fourth-order valence-electron chi connectivity index (χ4n) is 3.99. The second kappa shape index (κ2) is 6.51. The van der Waals surface area contributed by atoms with Gasteiger partial charge in [-0.15, -0.1) is 0 Å². The lowest BCUT2D eigenvalue weighted by Gasteiger charge is -2.44. The van der Waals surface area contributed by atoms with Crippen LogP contribution in [0, 0.1) is 16.7 Å². The molecule has 1 N–H and O–H groups in total. The maximum absolute atomic E-state index is 4.44. The molecule has 0 aromatic carbocycles. The Labute approximate surface area is 130 Å². The minimum Gasteiger partial charge on any atom is -0.319 e. The lowest BCUT2D eigenvalue weighted by atomic mass is 9.62. The third kappa shape index (κ3) is 4.09. The molecule has 1 fully saturated rings. The summed E-state index contributed by atoms with van der Waals surface area (Å²) in [7, 11) is 2.09. The summed E-state index contributed by atoms with van der Waals surface area (Å²) in [6.45, 7) is 11.4. The van der Waals surface area contributed by atoms with Gasteiger partial charge in [-0.3, -0.25) is 4.68 Å². The Bertz CT molecular complexity index is 434. The van der Waals surface area contributed by atoms with Gasteiger partial charge in [0.2, 0.25) is 0 Å². The average molecular weight is 291 g/mol. The maximum atomic E-state index is 4.44. The van der Waals surface area contributed by atoms with Crippen molar-refractivity contribution in [3.05, 3.63) is 18.0 Å². The van der Waals surface area contributed by atoms with E-state index in [1.807, 2.05) is 4.68 Å². The molecule has 1 aromatic rings. The van der Waals surface area contributed by atoms with Crippen LogP contribution in [0.2, 0.25) is 0 Å². The average Bonchev–Trinajstić information content (AvgIpc) is 2.86. The summed E-state index contributed by atoms with van der Waals surface area (Å²) in [5.74, 6) is 0.876. The SMILES string of the molecule is CCn1cc(CC2(CNC)CCC(C(C)(C)C)CC2)cn1. The second-order valence-corrected chi connectivity index (χ2v) is 8.05. The van der Waals surface area contributed by atoms with E-state index >= 15 is 0 Å². The van der Waals surface area contributed by atoms with Crippen LogP contribution in [0.5, 0.6) is 0 Å². The molecule has 3 nitrogen and oxygen atoms in total. The molecule has 0 bridgehead atoms. The second-order valence-electron chi connectivity index (χ2n) is 8.05. The molecular weight excluding hydrogens is 258 g/mol.